The lowest BCUT2D eigenvalue weighted by Crippen LogP contribution is -2.39. The van der Waals surface area contributed by atoms with Gasteiger partial charge < -0.3 is 9.80 Å². The van der Waals surface area contributed by atoms with Crippen molar-refractivity contribution in [2.45, 2.75) is 31.8 Å². The molecule has 1 heterocycles. The molecule has 1 aliphatic rings. The molecular formula is C21H24F2N2O. The van der Waals surface area contributed by atoms with Gasteiger partial charge in [-0.25, -0.2) is 8.78 Å². The van der Waals surface area contributed by atoms with Crippen LogP contribution in [0.2, 0.25) is 0 Å². The molecule has 2 aromatic rings. The lowest BCUT2D eigenvalue weighted by atomic mass is 9.93. The van der Waals surface area contributed by atoms with Gasteiger partial charge in [0.15, 0.2) is 0 Å². The molecule has 0 bridgehead atoms. The first-order chi connectivity index (χ1) is 12.5. The largest absolute Gasteiger partial charge is 0.332 e. The van der Waals surface area contributed by atoms with Crippen LogP contribution < -0.4 is 0 Å². The molecule has 3 nitrogen and oxygen atoms in total. The number of carbonyl (C=O) groups excluding carboxylic acids is 1. The van der Waals surface area contributed by atoms with Gasteiger partial charge in [-0.05, 0) is 56.6 Å². The van der Waals surface area contributed by atoms with Crippen LogP contribution in [0.4, 0.5) is 8.78 Å². The van der Waals surface area contributed by atoms with Crippen molar-refractivity contribution in [1.29, 1.82) is 0 Å². The molecule has 0 spiro atoms. The first-order valence-corrected chi connectivity index (χ1v) is 8.95. The molecule has 1 atom stereocenters. The van der Waals surface area contributed by atoms with Gasteiger partial charge in [0.1, 0.15) is 11.6 Å². The second-order valence-electron chi connectivity index (χ2n) is 7.11. The van der Waals surface area contributed by atoms with E-state index in [4.69, 9.17) is 0 Å². The molecule has 1 amide bonds. The lowest BCUT2D eigenvalue weighted by Gasteiger charge is -2.36. The predicted octanol–water partition coefficient (Wildman–Crippen LogP) is 4.39. The molecule has 1 saturated heterocycles. The zero-order valence-electron chi connectivity index (χ0n) is 15.2. The summed E-state index contributed by atoms with van der Waals surface area (Å²) in [7, 11) is 4.04. The summed E-state index contributed by atoms with van der Waals surface area (Å²) in [4.78, 5) is 16.7. The van der Waals surface area contributed by atoms with E-state index in [9.17, 15) is 13.6 Å². The first-order valence-electron chi connectivity index (χ1n) is 8.95. The van der Waals surface area contributed by atoms with Gasteiger partial charge in [-0.3, -0.25) is 4.79 Å². The van der Waals surface area contributed by atoms with Crippen LogP contribution >= 0.6 is 0 Å². The van der Waals surface area contributed by atoms with Gasteiger partial charge in [-0.1, -0.05) is 24.3 Å². The van der Waals surface area contributed by atoms with Crippen LogP contribution in [0.1, 0.15) is 46.8 Å². The number of nitrogens with zero attached hydrogens (tertiary/aromatic N) is 2. The van der Waals surface area contributed by atoms with E-state index >= 15 is 0 Å². The Balaban J connectivity index is 1.84. The maximum atomic E-state index is 14.1. The Hall–Kier alpha value is -2.27. The minimum atomic E-state index is -0.805. The highest BCUT2D eigenvalue weighted by Gasteiger charge is 2.30. The summed E-state index contributed by atoms with van der Waals surface area (Å²) in [6, 6.07) is 11.3. The molecule has 2 aromatic carbocycles. The van der Waals surface area contributed by atoms with Crippen molar-refractivity contribution < 1.29 is 13.6 Å². The van der Waals surface area contributed by atoms with Crippen LogP contribution in [-0.4, -0.2) is 36.3 Å². The Morgan fingerprint density at radius 2 is 1.85 bits per heavy atom. The van der Waals surface area contributed by atoms with Crippen molar-refractivity contribution in [2.24, 2.45) is 0 Å². The van der Waals surface area contributed by atoms with Gasteiger partial charge >= 0.3 is 0 Å². The molecule has 5 heteroatoms. The standard InChI is InChI=1S/C21H24F2N2O/c1-24(2)14-15-6-8-16(9-7-15)20-5-3-4-12-25(20)21(26)18-11-10-17(22)13-19(18)23/h6-11,13,20H,3-5,12,14H2,1-2H3/t20-/m0/s1. The van der Waals surface area contributed by atoms with Crippen LogP contribution in [0.15, 0.2) is 42.5 Å². The predicted molar refractivity (Wildman–Crippen MR) is 97.8 cm³/mol. The molecule has 0 saturated carbocycles. The molecular weight excluding hydrogens is 334 g/mol. The fraction of sp³-hybridized carbons (Fsp3) is 0.381. The summed E-state index contributed by atoms with van der Waals surface area (Å²) in [5.74, 6) is -1.85. The Bertz CT molecular complexity index is 774. The van der Waals surface area contributed by atoms with Crippen molar-refractivity contribution in [1.82, 2.24) is 9.80 Å². The minimum Gasteiger partial charge on any atom is -0.332 e. The zero-order valence-corrected chi connectivity index (χ0v) is 15.2. The minimum absolute atomic E-state index is 0.0671. The highest BCUT2D eigenvalue weighted by atomic mass is 19.1. The number of hydrogen-bond donors (Lipinski definition) is 0. The number of piperidine rings is 1. The van der Waals surface area contributed by atoms with E-state index in [1.54, 1.807) is 4.90 Å². The average molecular weight is 358 g/mol. The molecule has 26 heavy (non-hydrogen) atoms. The molecule has 138 valence electrons. The van der Waals surface area contributed by atoms with Crippen molar-refractivity contribution in [3.8, 4) is 0 Å². The molecule has 0 radical (unpaired) electrons. The Labute approximate surface area is 153 Å². The van der Waals surface area contributed by atoms with Crippen molar-refractivity contribution in [3.63, 3.8) is 0 Å². The molecule has 0 aromatic heterocycles. The zero-order chi connectivity index (χ0) is 18.7. The van der Waals surface area contributed by atoms with Crippen LogP contribution in [0, 0.1) is 11.6 Å². The van der Waals surface area contributed by atoms with Crippen molar-refractivity contribution in [2.75, 3.05) is 20.6 Å². The quantitative estimate of drug-likeness (QED) is 0.809. The third kappa shape index (κ3) is 4.10. The third-order valence-electron chi connectivity index (χ3n) is 4.79. The topological polar surface area (TPSA) is 23.6 Å². The maximum absolute atomic E-state index is 14.1. The Morgan fingerprint density at radius 3 is 2.50 bits per heavy atom. The molecule has 0 N–H and O–H groups in total. The highest BCUT2D eigenvalue weighted by molar-refractivity contribution is 5.94. The second-order valence-corrected chi connectivity index (χ2v) is 7.11. The number of amides is 1. The fourth-order valence-corrected chi connectivity index (χ4v) is 3.55. The summed E-state index contributed by atoms with van der Waals surface area (Å²) in [5, 5.41) is 0. The van der Waals surface area contributed by atoms with Crippen LogP contribution in [-0.2, 0) is 6.54 Å². The number of halogens is 2. The van der Waals surface area contributed by atoms with Crippen LogP contribution in [0.5, 0.6) is 0 Å². The first kappa shape index (κ1) is 18.5. The van der Waals surface area contributed by atoms with E-state index in [-0.39, 0.29) is 17.5 Å². The maximum Gasteiger partial charge on any atom is 0.257 e. The summed E-state index contributed by atoms with van der Waals surface area (Å²) < 4.78 is 27.2. The number of benzene rings is 2. The number of likely N-dealkylation sites (tertiary alicyclic amines) is 1. The van der Waals surface area contributed by atoms with Gasteiger partial charge in [-0.2, -0.15) is 0 Å². The van der Waals surface area contributed by atoms with Gasteiger partial charge in [0.2, 0.25) is 0 Å². The Morgan fingerprint density at radius 1 is 1.12 bits per heavy atom. The summed E-state index contributed by atoms with van der Waals surface area (Å²) in [6.07, 6.45) is 2.77. The molecule has 0 unspecified atom stereocenters. The van der Waals surface area contributed by atoms with Crippen LogP contribution in [0.25, 0.3) is 0 Å². The number of rotatable bonds is 4. The second kappa shape index (κ2) is 7.96. The highest BCUT2D eigenvalue weighted by Crippen LogP contribution is 2.32. The summed E-state index contributed by atoms with van der Waals surface area (Å²) >= 11 is 0. The number of carbonyl (C=O) groups is 1. The molecule has 3 rings (SSSR count). The lowest BCUT2D eigenvalue weighted by molar-refractivity contribution is 0.0606. The average Bonchev–Trinajstić information content (AvgIpc) is 2.61. The van der Waals surface area contributed by atoms with Gasteiger partial charge in [-0.15, -0.1) is 0 Å². The van der Waals surface area contributed by atoms with Crippen LogP contribution in [0.3, 0.4) is 0 Å². The van der Waals surface area contributed by atoms with E-state index in [1.807, 2.05) is 14.1 Å². The smallest absolute Gasteiger partial charge is 0.257 e. The molecule has 1 fully saturated rings. The normalized spacial score (nSPS) is 17.6. The van der Waals surface area contributed by atoms with E-state index in [1.165, 1.54) is 11.6 Å². The van der Waals surface area contributed by atoms with Gasteiger partial charge in [0.05, 0.1) is 11.6 Å². The Kier molecular flexibility index (Phi) is 5.67. The van der Waals surface area contributed by atoms with E-state index in [2.05, 4.69) is 29.2 Å². The molecule has 1 aliphatic heterocycles. The van der Waals surface area contributed by atoms with E-state index in [0.717, 1.165) is 43.5 Å². The number of hydrogen-bond acceptors (Lipinski definition) is 2. The monoisotopic (exact) mass is 358 g/mol. The fourth-order valence-electron chi connectivity index (χ4n) is 3.55. The van der Waals surface area contributed by atoms with E-state index < -0.39 is 11.6 Å². The summed E-state index contributed by atoms with van der Waals surface area (Å²) in [6.45, 7) is 1.44. The van der Waals surface area contributed by atoms with E-state index in [0.29, 0.717) is 6.54 Å². The molecule has 0 aliphatic carbocycles. The SMILES string of the molecule is CN(C)Cc1ccc([C@@H]2CCCCN2C(=O)c2ccc(F)cc2F)cc1. The summed E-state index contributed by atoms with van der Waals surface area (Å²) in [5.41, 5.74) is 2.20. The van der Waals surface area contributed by atoms with Crippen molar-refractivity contribution in [3.05, 3.63) is 70.8 Å². The van der Waals surface area contributed by atoms with Gasteiger partial charge in [0, 0.05) is 19.2 Å². The third-order valence-corrected chi connectivity index (χ3v) is 4.79. The van der Waals surface area contributed by atoms with Gasteiger partial charge in [0.25, 0.3) is 5.91 Å². The van der Waals surface area contributed by atoms with Crippen molar-refractivity contribution >= 4 is 5.91 Å².